The van der Waals surface area contributed by atoms with E-state index in [1.165, 1.54) is 18.2 Å². The third-order valence-electron chi connectivity index (χ3n) is 7.15. The van der Waals surface area contributed by atoms with Crippen molar-refractivity contribution in [2.45, 2.75) is 54.5 Å². The second-order valence-corrected chi connectivity index (χ2v) is 12.4. The third-order valence-corrected chi connectivity index (χ3v) is 8.46. The van der Waals surface area contributed by atoms with Gasteiger partial charge in [-0.2, -0.15) is 18.1 Å². The Hall–Kier alpha value is 0.460. The van der Waals surface area contributed by atoms with Gasteiger partial charge in [-0.3, -0.25) is 4.57 Å². The van der Waals surface area contributed by atoms with Gasteiger partial charge in [0.15, 0.2) is 13.2 Å². The van der Waals surface area contributed by atoms with Gasteiger partial charge in [0.05, 0.1) is 5.02 Å². The van der Waals surface area contributed by atoms with E-state index >= 15 is 0 Å². The van der Waals surface area contributed by atoms with Crippen LogP contribution in [-0.2, 0) is 24.9 Å². The number of hydrogen-bond acceptors (Lipinski definition) is 6. The van der Waals surface area contributed by atoms with Gasteiger partial charge < -0.3 is 14.2 Å². The van der Waals surface area contributed by atoms with Crippen molar-refractivity contribution in [3.05, 3.63) is 28.8 Å². The minimum atomic E-state index is -4.62. The zero-order valence-corrected chi connectivity index (χ0v) is 22.4. The fourth-order valence-electron chi connectivity index (χ4n) is 6.39. The minimum Gasteiger partial charge on any atom is -0.769 e. The molecule has 4 unspecified atom stereocenters. The Morgan fingerprint density at radius 2 is 1.85 bits per heavy atom. The molecule has 6 rings (SSSR count). The molecule has 4 saturated carbocycles. The zero-order valence-electron chi connectivity index (χ0n) is 18.0. The summed E-state index contributed by atoms with van der Waals surface area (Å²) in [5, 5.41) is -0.0169. The van der Waals surface area contributed by atoms with Crippen molar-refractivity contribution < 1.29 is 71.2 Å². The Bertz CT molecular complexity index is 975. The minimum absolute atomic E-state index is 0. The maximum atomic E-state index is 13.2. The van der Waals surface area contributed by atoms with Crippen LogP contribution in [0.2, 0.25) is 5.02 Å². The second kappa shape index (κ2) is 8.51. The van der Waals surface area contributed by atoms with Crippen molar-refractivity contribution >= 4 is 30.8 Å². The fraction of sp³-hybridized carbons (Fsp3) is 0.700. The van der Waals surface area contributed by atoms with E-state index in [-0.39, 0.29) is 57.7 Å². The molecule has 1 aliphatic heterocycles. The number of rotatable bonds is 5. The molecule has 4 atom stereocenters. The second-order valence-electron chi connectivity index (χ2n) is 9.48. The predicted octanol–water partition coefficient (Wildman–Crippen LogP) is 2.16. The first-order valence-corrected chi connectivity index (χ1v) is 13.0. The van der Waals surface area contributed by atoms with E-state index in [1.54, 1.807) is 0 Å². The molecule has 1 aromatic rings. The first-order chi connectivity index (χ1) is 14.8. The van der Waals surface area contributed by atoms with Crippen LogP contribution < -0.4 is 39.0 Å². The molecule has 4 bridgehead atoms. The van der Waals surface area contributed by atoms with Crippen LogP contribution in [0.25, 0.3) is 0 Å². The Balaban J connectivity index is 0.00000259. The molecule has 5 aliphatic rings. The van der Waals surface area contributed by atoms with Gasteiger partial charge in [0, 0.05) is 17.1 Å². The maximum absolute atomic E-state index is 13.2. The van der Waals surface area contributed by atoms with E-state index in [1.807, 2.05) is 0 Å². The summed E-state index contributed by atoms with van der Waals surface area (Å²) in [6.45, 7) is -0.701. The first kappa shape index (κ1) is 26.5. The van der Waals surface area contributed by atoms with Crippen LogP contribution in [0, 0.1) is 17.8 Å². The van der Waals surface area contributed by atoms with Gasteiger partial charge in [-0.1, -0.05) is 17.7 Å². The first-order valence-electron chi connectivity index (χ1n) is 10.3. The molecular weight excluding hydrogens is 518 g/mol. The van der Waals surface area contributed by atoms with E-state index < -0.39 is 36.6 Å². The van der Waals surface area contributed by atoms with Gasteiger partial charge in [-0.25, -0.2) is 4.89 Å². The van der Waals surface area contributed by atoms with Crippen molar-refractivity contribution in [3.8, 4) is 5.75 Å². The molecule has 13 heteroatoms. The molecular formula is C20H21Cl2F3NaO6P. The van der Waals surface area contributed by atoms with Crippen molar-refractivity contribution in [1.82, 2.24) is 0 Å². The number of hydrogen-bond donors (Lipinski definition) is 0. The summed E-state index contributed by atoms with van der Waals surface area (Å²) in [5.74, 6) is -2.10. The molecule has 0 radical (unpaired) electrons. The SMILES string of the molecule is CP(=O)([O-])Oc1cc(C2(OCC(F)(F)F)OOC23C2CC4CC3CC(Cl)(C4)C2)ccc1Cl.[Na+]. The summed E-state index contributed by atoms with van der Waals surface area (Å²) in [5.41, 5.74) is -1.02. The molecule has 1 saturated heterocycles. The van der Waals surface area contributed by atoms with E-state index in [2.05, 4.69) is 0 Å². The summed E-state index contributed by atoms with van der Waals surface area (Å²) >= 11 is 12.9. The number of alkyl halides is 4. The molecule has 1 spiro atoms. The van der Waals surface area contributed by atoms with Crippen molar-refractivity contribution in [1.29, 1.82) is 0 Å². The summed E-state index contributed by atoms with van der Waals surface area (Å²) in [4.78, 5) is 22.4. The zero-order chi connectivity index (χ0) is 23.2. The van der Waals surface area contributed by atoms with Crippen LogP contribution in [-0.4, -0.2) is 29.9 Å². The standard InChI is InChI=1S/C20H22Cl2F3O6P.Na/c1-32(26,27)29-16-6-12(2-3-15(16)21)20(28-10-18(23,24)25)19(30-31-20)13-4-11-5-14(19)9-17(22,7-11)8-13;/h2-3,6,11,13-14H,4-5,7-10H2,1H3,(H,26,27);/q;+1/p-1. The topological polar surface area (TPSA) is 77.1 Å². The van der Waals surface area contributed by atoms with Crippen LogP contribution in [0.4, 0.5) is 13.2 Å². The van der Waals surface area contributed by atoms with E-state index in [0.29, 0.717) is 18.8 Å². The van der Waals surface area contributed by atoms with Crippen molar-refractivity contribution in [2.24, 2.45) is 17.8 Å². The monoisotopic (exact) mass is 538 g/mol. The summed E-state index contributed by atoms with van der Waals surface area (Å²) in [6, 6.07) is 4.04. The van der Waals surface area contributed by atoms with E-state index in [0.717, 1.165) is 25.9 Å². The van der Waals surface area contributed by atoms with Crippen molar-refractivity contribution in [2.75, 3.05) is 13.3 Å². The fourth-order valence-corrected chi connectivity index (χ4v) is 7.70. The summed E-state index contributed by atoms with van der Waals surface area (Å²) in [7, 11) is -4.23. The molecule has 6 nitrogen and oxygen atoms in total. The molecule has 5 fully saturated rings. The Morgan fingerprint density at radius 3 is 2.33 bits per heavy atom. The number of halogens is 5. The van der Waals surface area contributed by atoms with Crippen molar-refractivity contribution in [3.63, 3.8) is 0 Å². The molecule has 4 aliphatic carbocycles. The van der Waals surface area contributed by atoms with Gasteiger partial charge in [0.25, 0.3) is 5.79 Å². The Kier molecular flexibility index (Phi) is 6.84. The number of benzene rings is 1. The molecule has 178 valence electrons. The Morgan fingerprint density at radius 1 is 1.21 bits per heavy atom. The Labute approximate surface area is 221 Å². The largest absolute Gasteiger partial charge is 1.00 e. The summed E-state index contributed by atoms with van der Waals surface area (Å²) in [6.07, 6.45) is -1.11. The number of ether oxygens (including phenoxy) is 1. The van der Waals surface area contributed by atoms with Crippen LogP contribution in [0.5, 0.6) is 5.75 Å². The molecule has 1 heterocycles. The molecule has 1 aromatic carbocycles. The average Bonchev–Trinajstić information content (AvgIpc) is 2.60. The third kappa shape index (κ3) is 4.43. The van der Waals surface area contributed by atoms with Crippen LogP contribution in [0.1, 0.15) is 37.7 Å². The van der Waals surface area contributed by atoms with Gasteiger partial charge in [0.1, 0.15) is 12.4 Å². The maximum Gasteiger partial charge on any atom is 1.00 e. The molecule has 33 heavy (non-hydrogen) atoms. The van der Waals surface area contributed by atoms with Gasteiger partial charge in [-0.05, 0) is 62.0 Å². The van der Waals surface area contributed by atoms with Crippen LogP contribution in [0.15, 0.2) is 18.2 Å². The predicted molar refractivity (Wildman–Crippen MR) is 106 cm³/mol. The smallest absolute Gasteiger partial charge is 0.769 e. The van der Waals surface area contributed by atoms with E-state index in [9.17, 15) is 22.6 Å². The molecule has 0 amide bonds. The quantitative estimate of drug-likeness (QED) is 0.247. The summed E-state index contributed by atoms with van der Waals surface area (Å²) < 4.78 is 61.9. The molecule has 0 aromatic heterocycles. The van der Waals surface area contributed by atoms with Gasteiger partial charge >= 0.3 is 35.7 Å². The van der Waals surface area contributed by atoms with Crippen LogP contribution >= 0.6 is 30.8 Å². The normalized spacial score (nSPS) is 40.8. The average molecular weight is 539 g/mol. The van der Waals surface area contributed by atoms with Gasteiger partial charge in [-0.15, -0.1) is 11.6 Å². The van der Waals surface area contributed by atoms with Gasteiger partial charge in [0.2, 0.25) is 0 Å². The van der Waals surface area contributed by atoms with Crippen LogP contribution in [0.3, 0.4) is 0 Å². The van der Waals surface area contributed by atoms with E-state index in [4.69, 9.17) is 42.2 Å². The molecule has 0 N–H and O–H groups in total.